The molecule has 0 bridgehead atoms. The number of nitrogens with one attached hydrogen (secondary N) is 1. The van der Waals surface area contributed by atoms with Crippen LogP contribution in [0.1, 0.15) is 24.2 Å². The van der Waals surface area contributed by atoms with Gasteiger partial charge in [-0.15, -0.1) is 0 Å². The number of fused-ring (bicyclic) bond motifs is 1. The van der Waals surface area contributed by atoms with Gasteiger partial charge in [-0.2, -0.15) is 22.5 Å². The third-order valence-electron chi connectivity index (χ3n) is 4.66. The number of hydrogen-bond donors (Lipinski definition) is 1. The van der Waals surface area contributed by atoms with E-state index in [9.17, 15) is 13.2 Å². The number of benzene rings is 1. The molecule has 1 N–H and O–H groups in total. The average molecular weight is 404 g/mol. The van der Waals surface area contributed by atoms with Crippen LogP contribution in [0.5, 0.6) is 0 Å². The Morgan fingerprint density at radius 2 is 1.96 bits per heavy atom. The summed E-state index contributed by atoms with van der Waals surface area (Å²) < 4.78 is 31.2. The predicted molar refractivity (Wildman–Crippen MR) is 109 cm³/mol. The van der Waals surface area contributed by atoms with Crippen molar-refractivity contribution in [3.63, 3.8) is 0 Å². The molecule has 2 heterocycles. The Hall–Kier alpha value is -2.49. The fourth-order valence-corrected chi connectivity index (χ4v) is 3.61. The van der Waals surface area contributed by atoms with Gasteiger partial charge < -0.3 is 0 Å². The molecule has 9 heteroatoms. The third-order valence-corrected chi connectivity index (χ3v) is 6.13. The monoisotopic (exact) mass is 403 g/mol. The maximum atomic E-state index is 12.7. The fraction of sp³-hybridized carbons (Fsp3) is 0.368. The van der Waals surface area contributed by atoms with Crippen LogP contribution < -0.4 is 4.72 Å². The Kier molecular flexibility index (Phi) is 5.42. The van der Waals surface area contributed by atoms with Crippen LogP contribution in [0.3, 0.4) is 0 Å². The lowest BCUT2D eigenvalue weighted by Gasteiger charge is -2.11. The Labute approximate surface area is 164 Å². The van der Waals surface area contributed by atoms with E-state index in [1.165, 1.54) is 14.1 Å². The molecule has 0 saturated carbocycles. The molecule has 28 heavy (non-hydrogen) atoms. The second-order valence-electron chi connectivity index (χ2n) is 7.20. The van der Waals surface area contributed by atoms with E-state index in [-0.39, 0.29) is 18.4 Å². The highest BCUT2D eigenvalue weighted by atomic mass is 32.2. The van der Waals surface area contributed by atoms with Crippen LogP contribution in [0.4, 0.5) is 0 Å². The van der Waals surface area contributed by atoms with Gasteiger partial charge in [0.15, 0.2) is 0 Å². The smallest absolute Gasteiger partial charge is 0.279 e. The van der Waals surface area contributed by atoms with E-state index in [1.54, 1.807) is 21.6 Å². The molecule has 0 saturated heterocycles. The summed E-state index contributed by atoms with van der Waals surface area (Å²) in [5.41, 5.74) is 3.35. The van der Waals surface area contributed by atoms with E-state index in [0.29, 0.717) is 0 Å². The first-order chi connectivity index (χ1) is 13.1. The van der Waals surface area contributed by atoms with Crippen molar-refractivity contribution in [2.45, 2.75) is 20.4 Å². The van der Waals surface area contributed by atoms with Crippen molar-refractivity contribution in [3.8, 4) is 11.3 Å². The molecular weight excluding hydrogens is 378 g/mol. The van der Waals surface area contributed by atoms with E-state index >= 15 is 0 Å². The maximum absolute atomic E-state index is 12.7. The quantitative estimate of drug-likeness (QED) is 0.684. The highest BCUT2D eigenvalue weighted by Crippen LogP contribution is 2.28. The topological polar surface area (TPSA) is 89.2 Å². The zero-order valence-electron chi connectivity index (χ0n) is 16.7. The second-order valence-corrected chi connectivity index (χ2v) is 9.17. The molecule has 0 aliphatic heterocycles. The lowest BCUT2D eigenvalue weighted by Crippen LogP contribution is -2.35. The van der Waals surface area contributed by atoms with Crippen molar-refractivity contribution < 1.29 is 13.2 Å². The number of aromatic nitrogens is 3. The van der Waals surface area contributed by atoms with Gasteiger partial charge in [0.05, 0.1) is 11.2 Å². The number of aryl methyl sites for hydroxylation is 1. The van der Waals surface area contributed by atoms with Gasteiger partial charge in [-0.1, -0.05) is 26.0 Å². The molecule has 3 aromatic rings. The first-order valence-corrected chi connectivity index (χ1v) is 10.4. The largest absolute Gasteiger partial charge is 0.287 e. The molecule has 0 unspecified atom stereocenters. The van der Waals surface area contributed by atoms with Crippen LogP contribution in [0, 0.1) is 5.92 Å². The normalized spacial score (nSPS) is 12.4. The van der Waals surface area contributed by atoms with E-state index in [2.05, 4.69) is 9.82 Å². The minimum atomic E-state index is -3.56. The summed E-state index contributed by atoms with van der Waals surface area (Å²) in [7, 11) is 1.23. The van der Waals surface area contributed by atoms with Crippen LogP contribution in [-0.4, -0.2) is 47.1 Å². The number of rotatable bonds is 6. The van der Waals surface area contributed by atoms with Gasteiger partial charge in [0, 0.05) is 56.9 Å². The SMILES string of the molecule is CC(C)C(=O)n1cc(CNS(=O)(=O)N(C)C)c2ccc(-c3ccnn3C)cc21. The Balaban J connectivity index is 2.10. The average Bonchev–Trinajstić information content (AvgIpc) is 3.22. The van der Waals surface area contributed by atoms with Crippen LogP contribution in [0.2, 0.25) is 0 Å². The summed E-state index contributed by atoms with van der Waals surface area (Å²) in [5.74, 6) is -0.240. The maximum Gasteiger partial charge on any atom is 0.279 e. The zero-order chi connectivity index (χ0) is 20.6. The summed E-state index contributed by atoms with van der Waals surface area (Å²) in [6.45, 7) is 3.78. The van der Waals surface area contributed by atoms with Gasteiger partial charge in [0.25, 0.3) is 10.2 Å². The Bertz CT molecular complexity index is 1130. The number of nitrogens with zero attached hydrogens (tertiary/aromatic N) is 4. The van der Waals surface area contributed by atoms with Gasteiger partial charge in [-0.3, -0.25) is 14.0 Å². The summed E-state index contributed by atoms with van der Waals surface area (Å²) in [5, 5.41) is 5.03. The minimum Gasteiger partial charge on any atom is -0.287 e. The first kappa shape index (κ1) is 20.2. The number of carbonyl (C=O) groups excluding carboxylic acids is 1. The summed E-state index contributed by atoms with van der Waals surface area (Å²) >= 11 is 0. The molecule has 0 aliphatic rings. The summed E-state index contributed by atoms with van der Waals surface area (Å²) in [6, 6.07) is 7.72. The molecule has 8 nitrogen and oxygen atoms in total. The van der Waals surface area contributed by atoms with Crippen LogP contribution in [0.15, 0.2) is 36.7 Å². The molecule has 0 atom stereocenters. The molecule has 3 rings (SSSR count). The standard InChI is InChI=1S/C19H25N5O3S/c1-13(2)19(25)24-12-15(11-21-28(26,27)22(3)4)16-7-6-14(10-18(16)24)17-8-9-20-23(17)5/h6-10,12-13,21H,11H2,1-5H3. The lowest BCUT2D eigenvalue weighted by molar-refractivity contribution is 0.0860. The van der Waals surface area contributed by atoms with Gasteiger partial charge in [0.2, 0.25) is 5.91 Å². The predicted octanol–water partition coefficient (Wildman–Crippen LogP) is 2.23. The van der Waals surface area contributed by atoms with Gasteiger partial charge in [0.1, 0.15) is 0 Å². The zero-order valence-corrected chi connectivity index (χ0v) is 17.5. The van der Waals surface area contributed by atoms with Gasteiger partial charge in [-0.25, -0.2) is 0 Å². The second kappa shape index (κ2) is 7.50. The fourth-order valence-electron chi connectivity index (χ4n) is 3.01. The van der Waals surface area contributed by atoms with Crippen molar-refractivity contribution in [2.75, 3.05) is 14.1 Å². The van der Waals surface area contributed by atoms with Crippen molar-refractivity contribution in [1.29, 1.82) is 0 Å². The van der Waals surface area contributed by atoms with Crippen molar-refractivity contribution in [1.82, 2.24) is 23.4 Å². The lowest BCUT2D eigenvalue weighted by atomic mass is 10.1. The molecule has 0 spiro atoms. The van der Waals surface area contributed by atoms with Crippen molar-refractivity contribution >= 4 is 27.0 Å². The Morgan fingerprint density at radius 1 is 1.25 bits per heavy atom. The first-order valence-electron chi connectivity index (χ1n) is 8.95. The highest BCUT2D eigenvalue weighted by Gasteiger charge is 2.19. The molecule has 0 aliphatic carbocycles. The van der Waals surface area contributed by atoms with Crippen LogP contribution in [-0.2, 0) is 23.8 Å². The van der Waals surface area contributed by atoms with E-state index in [1.807, 2.05) is 45.2 Å². The van der Waals surface area contributed by atoms with E-state index in [0.717, 1.165) is 32.0 Å². The van der Waals surface area contributed by atoms with Crippen molar-refractivity contribution in [3.05, 3.63) is 42.2 Å². The number of hydrogen-bond acceptors (Lipinski definition) is 4. The highest BCUT2D eigenvalue weighted by molar-refractivity contribution is 7.87. The molecule has 0 fully saturated rings. The van der Waals surface area contributed by atoms with Crippen molar-refractivity contribution in [2.24, 2.45) is 13.0 Å². The summed E-state index contributed by atoms with van der Waals surface area (Å²) in [6.07, 6.45) is 3.44. The van der Waals surface area contributed by atoms with Crippen LogP contribution >= 0.6 is 0 Å². The van der Waals surface area contributed by atoms with Gasteiger partial charge in [-0.05, 0) is 17.7 Å². The molecule has 2 aromatic heterocycles. The van der Waals surface area contributed by atoms with E-state index in [4.69, 9.17) is 0 Å². The van der Waals surface area contributed by atoms with E-state index < -0.39 is 10.2 Å². The van der Waals surface area contributed by atoms with Gasteiger partial charge >= 0.3 is 0 Å². The molecule has 150 valence electrons. The summed E-state index contributed by atoms with van der Waals surface area (Å²) in [4.78, 5) is 12.7. The molecule has 1 aromatic carbocycles. The number of carbonyl (C=O) groups is 1. The molecular formula is C19H25N5O3S. The Morgan fingerprint density at radius 3 is 2.54 bits per heavy atom. The minimum absolute atomic E-state index is 0.0473. The third kappa shape index (κ3) is 3.73. The van der Waals surface area contributed by atoms with Crippen LogP contribution in [0.25, 0.3) is 22.2 Å². The molecule has 0 radical (unpaired) electrons. The molecule has 0 amide bonds.